The summed E-state index contributed by atoms with van der Waals surface area (Å²) in [5, 5.41) is 3.09. The Labute approximate surface area is 232 Å². The molecule has 0 aliphatic carbocycles. The Morgan fingerprint density at radius 1 is 0.974 bits per heavy atom. The smallest absolute Gasteiger partial charge is 0.264 e. The minimum Gasteiger partial charge on any atom is -0.354 e. The highest BCUT2D eigenvalue weighted by Gasteiger charge is 2.32. The molecule has 0 bridgehead atoms. The summed E-state index contributed by atoms with van der Waals surface area (Å²) in [7, 11) is -4.22. The van der Waals surface area contributed by atoms with E-state index in [-0.39, 0.29) is 27.2 Å². The molecule has 2 amide bonds. The first-order chi connectivity index (χ1) is 18.0. The largest absolute Gasteiger partial charge is 0.354 e. The van der Waals surface area contributed by atoms with Gasteiger partial charge in [0.25, 0.3) is 10.0 Å². The number of sulfonamides is 1. The van der Waals surface area contributed by atoms with Crippen LogP contribution in [0.2, 0.25) is 10.0 Å². The molecule has 11 heteroatoms. The van der Waals surface area contributed by atoms with E-state index in [0.717, 1.165) is 4.31 Å². The molecule has 1 unspecified atom stereocenters. The minimum atomic E-state index is -4.22. The first-order valence-electron chi connectivity index (χ1n) is 11.9. The van der Waals surface area contributed by atoms with Gasteiger partial charge in [0.2, 0.25) is 11.8 Å². The molecule has 1 N–H and O–H groups in total. The van der Waals surface area contributed by atoms with Gasteiger partial charge in [-0.15, -0.1) is 0 Å². The third kappa shape index (κ3) is 7.24. The number of halogens is 3. The molecule has 7 nitrogen and oxygen atoms in total. The molecule has 0 fully saturated rings. The maximum absolute atomic E-state index is 13.8. The van der Waals surface area contributed by atoms with E-state index >= 15 is 0 Å². The highest BCUT2D eigenvalue weighted by Crippen LogP contribution is 2.30. The molecule has 0 aliphatic rings. The number of carbonyl (C=O) groups excluding carboxylic acids is 2. The maximum Gasteiger partial charge on any atom is 0.264 e. The van der Waals surface area contributed by atoms with Gasteiger partial charge in [-0.05, 0) is 61.4 Å². The van der Waals surface area contributed by atoms with E-state index in [1.54, 1.807) is 25.1 Å². The number of nitrogens with one attached hydrogen (secondary N) is 1. The summed E-state index contributed by atoms with van der Waals surface area (Å²) < 4.78 is 41.8. The Kier molecular flexibility index (Phi) is 10.1. The first-order valence-corrected chi connectivity index (χ1v) is 14.1. The number of hydrogen-bond donors (Lipinski definition) is 1. The summed E-state index contributed by atoms with van der Waals surface area (Å²) in [6.07, 6.45) is 0.699. The van der Waals surface area contributed by atoms with E-state index in [1.807, 2.05) is 6.92 Å². The van der Waals surface area contributed by atoms with Crippen molar-refractivity contribution in [1.82, 2.24) is 10.2 Å². The van der Waals surface area contributed by atoms with Gasteiger partial charge in [-0.1, -0.05) is 60.5 Å². The zero-order chi connectivity index (χ0) is 27.9. The average molecular weight is 581 g/mol. The standard InChI is InChI=1S/C27H28Cl2FN3O4S/c1-3-15-31-27(35)19(2)32(17-20-9-11-21(30)12-10-20)26(34)18-33(22-13-14-24(28)25(29)16-22)38(36,37)23-7-5-4-6-8-23/h4-14,16,19H,3,15,17-18H2,1-2H3,(H,31,35). The van der Waals surface area contributed by atoms with E-state index in [0.29, 0.717) is 18.5 Å². The molecular formula is C27H28Cl2FN3O4S. The van der Waals surface area contributed by atoms with Crippen molar-refractivity contribution in [3.8, 4) is 0 Å². The molecule has 3 aromatic rings. The molecular weight excluding hydrogens is 552 g/mol. The highest BCUT2D eigenvalue weighted by molar-refractivity contribution is 7.92. The van der Waals surface area contributed by atoms with E-state index in [4.69, 9.17) is 23.2 Å². The number of rotatable bonds is 11. The Bertz CT molecular complexity index is 1370. The van der Waals surface area contributed by atoms with Crippen LogP contribution < -0.4 is 9.62 Å². The van der Waals surface area contributed by atoms with Gasteiger partial charge < -0.3 is 10.2 Å². The first kappa shape index (κ1) is 29.4. The monoisotopic (exact) mass is 579 g/mol. The van der Waals surface area contributed by atoms with Crippen LogP contribution in [0.15, 0.2) is 77.7 Å². The van der Waals surface area contributed by atoms with Crippen molar-refractivity contribution in [2.45, 2.75) is 37.8 Å². The molecule has 0 heterocycles. The molecule has 0 radical (unpaired) electrons. The van der Waals surface area contributed by atoms with Crippen LogP contribution in [-0.4, -0.2) is 44.3 Å². The Morgan fingerprint density at radius 3 is 2.24 bits per heavy atom. The summed E-state index contributed by atoms with van der Waals surface area (Å²) in [6, 6.07) is 16.5. The van der Waals surface area contributed by atoms with Crippen molar-refractivity contribution in [2.24, 2.45) is 0 Å². The van der Waals surface area contributed by atoms with Crippen LogP contribution in [-0.2, 0) is 26.2 Å². The second-order valence-electron chi connectivity index (χ2n) is 8.54. The lowest BCUT2D eigenvalue weighted by Gasteiger charge is -2.32. The summed E-state index contributed by atoms with van der Waals surface area (Å²) in [5.41, 5.74) is 0.698. The molecule has 202 valence electrons. The Hall–Kier alpha value is -3.14. The molecule has 0 saturated heterocycles. The lowest BCUT2D eigenvalue weighted by Crippen LogP contribution is -2.51. The van der Waals surface area contributed by atoms with Crippen LogP contribution >= 0.6 is 23.2 Å². The lowest BCUT2D eigenvalue weighted by molar-refractivity contribution is -0.139. The van der Waals surface area contributed by atoms with Gasteiger partial charge in [0.05, 0.1) is 20.6 Å². The summed E-state index contributed by atoms with van der Waals surface area (Å²) in [5.74, 6) is -1.48. The summed E-state index contributed by atoms with van der Waals surface area (Å²) in [4.78, 5) is 27.8. The molecule has 3 rings (SSSR count). The zero-order valence-electron chi connectivity index (χ0n) is 20.9. The molecule has 0 spiro atoms. The summed E-state index contributed by atoms with van der Waals surface area (Å²) in [6.45, 7) is 3.21. The van der Waals surface area contributed by atoms with Crippen LogP contribution in [0.4, 0.5) is 10.1 Å². The zero-order valence-corrected chi connectivity index (χ0v) is 23.2. The molecule has 0 aromatic heterocycles. The van der Waals surface area contributed by atoms with E-state index in [2.05, 4.69) is 5.32 Å². The molecule has 0 saturated carbocycles. The van der Waals surface area contributed by atoms with Crippen molar-refractivity contribution in [3.05, 3.63) is 94.2 Å². The quantitative estimate of drug-likeness (QED) is 0.335. The number of hydrogen-bond acceptors (Lipinski definition) is 4. The predicted octanol–water partition coefficient (Wildman–Crippen LogP) is 5.27. The van der Waals surface area contributed by atoms with Crippen molar-refractivity contribution in [1.29, 1.82) is 0 Å². The van der Waals surface area contributed by atoms with Gasteiger partial charge in [0.15, 0.2) is 0 Å². The minimum absolute atomic E-state index is 0.0299. The van der Waals surface area contributed by atoms with E-state index in [9.17, 15) is 22.4 Å². The van der Waals surface area contributed by atoms with Crippen molar-refractivity contribution in [3.63, 3.8) is 0 Å². The number of anilines is 1. The van der Waals surface area contributed by atoms with Crippen molar-refractivity contribution >= 4 is 50.7 Å². The van der Waals surface area contributed by atoms with Crippen molar-refractivity contribution in [2.75, 3.05) is 17.4 Å². The predicted molar refractivity (Wildman–Crippen MR) is 147 cm³/mol. The topological polar surface area (TPSA) is 86.8 Å². The molecule has 0 aliphatic heterocycles. The molecule has 3 aromatic carbocycles. The van der Waals surface area contributed by atoms with Gasteiger partial charge >= 0.3 is 0 Å². The van der Waals surface area contributed by atoms with Crippen LogP contribution in [0.5, 0.6) is 0 Å². The van der Waals surface area contributed by atoms with Gasteiger partial charge in [-0.3, -0.25) is 13.9 Å². The fourth-order valence-electron chi connectivity index (χ4n) is 3.65. The van der Waals surface area contributed by atoms with E-state index in [1.165, 1.54) is 59.5 Å². The maximum atomic E-state index is 13.8. The number of nitrogens with zero attached hydrogens (tertiary/aromatic N) is 2. The van der Waals surface area contributed by atoms with Crippen LogP contribution in [0.25, 0.3) is 0 Å². The molecule has 1 atom stereocenters. The third-order valence-electron chi connectivity index (χ3n) is 5.78. The van der Waals surface area contributed by atoms with Crippen LogP contribution in [0, 0.1) is 5.82 Å². The fraction of sp³-hybridized carbons (Fsp3) is 0.259. The SMILES string of the molecule is CCCNC(=O)C(C)N(Cc1ccc(F)cc1)C(=O)CN(c1ccc(Cl)c(Cl)c1)S(=O)(=O)c1ccccc1. The average Bonchev–Trinajstić information content (AvgIpc) is 2.91. The van der Waals surface area contributed by atoms with E-state index < -0.39 is 40.2 Å². The van der Waals surface area contributed by atoms with Gasteiger partial charge in [-0.25, -0.2) is 12.8 Å². The van der Waals surface area contributed by atoms with Crippen LogP contribution in [0.3, 0.4) is 0 Å². The fourth-order valence-corrected chi connectivity index (χ4v) is 5.37. The van der Waals surface area contributed by atoms with Gasteiger partial charge in [0.1, 0.15) is 18.4 Å². The lowest BCUT2D eigenvalue weighted by atomic mass is 10.1. The Balaban J connectivity index is 2.02. The number of amides is 2. The summed E-state index contributed by atoms with van der Waals surface area (Å²) >= 11 is 12.2. The Morgan fingerprint density at radius 2 is 1.63 bits per heavy atom. The molecule has 38 heavy (non-hydrogen) atoms. The highest BCUT2D eigenvalue weighted by atomic mass is 35.5. The third-order valence-corrected chi connectivity index (χ3v) is 8.31. The number of benzene rings is 3. The number of carbonyl (C=O) groups is 2. The van der Waals surface area contributed by atoms with Crippen LogP contribution in [0.1, 0.15) is 25.8 Å². The van der Waals surface area contributed by atoms with Crippen molar-refractivity contribution < 1.29 is 22.4 Å². The van der Waals surface area contributed by atoms with Gasteiger partial charge in [-0.2, -0.15) is 0 Å². The second kappa shape index (κ2) is 13.1. The normalized spacial score (nSPS) is 12.0. The van der Waals surface area contributed by atoms with Gasteiger partial charge in [0, 0.05) is 13.1 Å². The second-order valence-corrected chi connectivity index (χ2v) is 11.2.